The van der Waals surface area contributed by atoms with Crippen molar-refractivity contribution >= 4 is 60.5 Å². The summed E-state index contributed by atoms with van der Waals surface area (Å²) in [6.07, 6.45) is 0. The summed E-state index contributed by atoms with van der Waals surface area (Å²) in [6.45, 7) is 0. The maximum Gasteiger partial charge on any atom is 0.143 e. The van der Waals surface area contributed by atoms with E-state index in [9.17, 15) is 0 Å². The second-order valence-electron chi connectivity index (χ2n) is 13.3. The van der Waals surface area contributed by atoms with Gasteiger partial charge in [-0.15, -0.1) is 0 Å². The van der Waals surface area contributed by atoms with Crippen LogP contribution in [0.2, 0.25) is 0 Å². The first-order valence-corrected chi connectivity index (χ1v) is 17.8. The monoisotopic (exact) mass is 663 g/mol. The molecule has 0 amide bonds. The standard InChI is InChI=1S/C50H33NO/c1-2-13-34(14-3-1)35-27-29-38(30-28-35)42-21-8-9-24-46(42)51(47-25-11-17-36-15-4-6-20-41(36)47)40-19-10-18-39(33-40)43-23-12-26-48-49(43)45-32-31-37-16-5-7-22-44(37)50(45)52-48/h1-33H. The zero-order valence-electron chi connectivity index (χ0n) is 28.4. The molecule has 0 fully saturated rings. The Balaban J connectivity index is 1.17. The van der Waals surface area contributed by atoms with Crippen LogP contribution >= 0.6 is 0 Å². The molecule has 10 aromatic rings. The molecule has 1 heterocycles. The van der Waals surface area contributed by atoms with Gasteiger partial charge in [0.05, 0.1) is 11.4 Å². The topological polar surface area (TPSA) is 16.4 Å². The number of furan rings is 1. The second kappa shape index (κ2) is 12.5. The Kier molecular flexibility index (Phi) is 7.18. The number of anilines is 3. The smallest absolute Gasteiger partial charge is 0.143 e. The molecule has 0 bridgehead atoms. The zero-order chi connectivity index (χ0) is 34.4. The van der Waals surface area contributed by atoms with Crippen molar-refractivity contribution in [2.45, 2.75) is 0 Å². The highest BCUT2D eigenvalue weighted by molar-refractivity contribution is 6.19. The molecule has 0 N–H and O–H groups in total. The molecule has 2 heteroatoms. The van der Waals surface area contributed by atoms with Gasteiger partial charge in [-0.25, -0.2) is 0 Å². The molecule has 9 aromatic carbocycles. The molecule has 0 aliphatic rings. The van der Waals surface area contributed by atoms with Gasteiger partial charge in [-0.05, 0) is 75.0 Å². The Morgan fingerprint density at radius 1 is 0.346 bits per heavy atom. The molecular weight excluding hydrogens is 631 g/mol. The summed E-state index contributed by atoms with van der Waals surface area (Å²) in [6, 6.07) is 71.7. The first-order chi connectivity index (χ1) is 25.8. The van der Waals surface area contributed by atoms with Gasteiger partial charge in [-0.2, -0.15) is 0 Å². The molecule has 0 saturated carbocycles. The predicted octanol–water partition coefficient (Wildman–Crippen LogP) is 14.4. The van der Waals surface area contributed by atoms with Gasteiger partial charge in [0, 0.05) is 32.8 Å². The van der Waals surface area contributed by atoms with E-state index in [1.807, 2.05) is 0 Å². The van der Waals surface area contributed by atoms with Crippen molar-refractivity contribution in [3.05, 3.63) is 200 Å². The van der Waals surface area contributed by atoms with Crippen LogP contribution in [0, 0.1) is 0 Å². The van der Waals surface area contributed by atoms with Gasteiger partial charge in [0.1, 0.15) is 11.2 Å². The zero-order valence-corrected chi connectivity index (χ0v) is 28.4. The Morgan fingerprint density at radius 2 is 0.942 bits per heavy atom. The number of fused-ring (bicyclic) bond motifs is 6. The van der Waals surface area contributed by atoms with E-state index in [-0.39, 0.29) is 0 Å². The van der Waals surface area contributed by atoms with Crippen molar-refractivity contribution < 1.29 is 4.42 Å². The van der Waals surface area contributed by atoms with Crippen molar-refractivity contribution in [2.75, 3.05) is 4.90 Å². The Morgan fingerprint density at radius 3 is 1.81 bits per heavy atom. The van der Waals surface area contributed by atoms with Crippen molar-refractivity contribution in [1.29, 1.82) is 0 Å². The number of benzene rings is 9. The maximum atomic E-state index is 6.58. The van der Waals surface area contributed by atoms with E-state index in [0.717, 1.165) is 61.1 Å². The number of para-hydroxylation sites is 1. The molecule has 0 aliphatic heterocycles. The van der Waals surface area contributed by atoms with Crippen LogP contribution in [0.25, 0.3) is 76.9 Å². The summed E-state index contributed by atoms with van der Waals surface area (Å²) >= 11 is 0. The molecule has 1 aromatic heterocycles. The van der Waals surface area contributed by atoms with E-state index < -0.39 is 0 Å². The summed E-state index contributed by atoms with van der Waals surface area (Å²) < 4.78 is 6.58. The molecule has 0 spiro atoms. The van der Waals surface area contributed by atoms with Crippen molar-refractivity contribution in [1.82, 2.24) is 0 Å². The van der Waals surface area contributed by atoms with Crippen molar-refractivity contribution in [3.63, 3.8) is 0 Å². The molecule has 0 radical (unpaired) electrons. The highest BCUT2D eigenvalue weighted by Crippen LogP contribution is 2.46. The Bertz CT molecular complexity index is 2900. The molecule has 2 nitrogen and oxygen atoms in total. The third kappa shape index (κ3) is 5.04. The first kappa shape index (κ1) is 30.0. The van der Waals surface area contributed by atoms with Crippen LogP contribution in [0.4, 0.5) is 17.1 Å². The lowest BCUT2D eigenvalue weighted by atomic mass is 9.96. The lowest BCUT2D eigenvalue weighted by Crippen LogP contribution is -2.12. The van der Waals surface area contributed by atoms with Crippen LogP contribution in [-0.4, -0.2) is 0 Å². The summed E-state index contributed by atoms with van der Waals surface area (Å²) in [5, 5.41) is 6.97. The molecule has 244 valence electrons. The lowest BCUT2D eigenvalue weighted by Gasteiger charge is -2.29. The van der Waals surface area contributed by atoms with Gasteiger partial charge in [0.15, 0.2) is 0 Å². The van der Waals surface area contributed by atoms with Crippen LogP contribution < -0.4 is 4.90 Å². The molecule has 0 aliphatic carbocycles. The van der Waals surface area contributed by atoms with E-state index in [4.69, 9.17) is 4.42 Å². The van der Waals surface area contributed by atoms with Gasteiger partial charge in [0.2, 0.25) is 0 Å². The van der Waals surface area contributed by atoms with E-state index >= 15 is 0 Å². The van der Waals surface area contributed by atoms with E-state index in [1.54, 1.807) is 0 Å². The Labute approximate surface area is 302 Å². The second-order valence-corrected chi connectivity index (χ2v) is 13.3. The molecule has 0 unspecified atom stereocenters. The number of rotatable bonds is 6. The van der Waals surface area contributed by atoms with Gasteiger partial charge >= 0.3 is 0 Å². The summed E-state index contributed by atoms with van der Waals surface area (Å²) in [4.78, 5) is 2.42. The lowest BCUT2D eigenvalue weighted by molar-refractivity contribution is 0.673. The summed E-state index contributed by atoms with van der Waals surface area (Å²) in [7, 11) is 0. The van der Waals surface area contributed by atoms with E-state index in [2.05, 4.69) is 205 Å². The highest BCUT2D eigenvalue weighted by Gasteiger charge is 2.21. The number of hydrogen-bond donors (Lipinski definition) is 0. The van der Waals surface area contributed by atoms with Crippen LogP contribution in [0.5, 0.6) is 0 Å². The van der Waals surface area contributed by atoms with Gasteiger partial charge < -0.3 is 9.32 Å². The minimum Gasteiger partial charge on any atom is -0.455 e. The third-order valence-electron chi connectivity index (χ3n) is 10.3. The maximum absolute atomic E-state index is 6.58. The van der Waals surface area contributed by atoms with Gasteiger partial charge in [0.25, 0.3) is 0 Å². The van der Waals surface area contributed by atoms with Crippen LogP contribution in [0.15, 0.2) is 205 Å². The molecule has 52 heavy (non-hydrogen) atoms. The van der Waals surface area contributed by atoms with E-state index in [1.165, 1.54) is 32.8 Å². The normalized spacial score (nSPS) is 11.5. The minimum absolute atomic E-state index is 0.893. The fourth-order valence-electron chi connectivity index (χ4n) is 7.80. The minimum atomic E-state index is 0.893. The first-order valence-electron chi connectivity index (χ1n) is 17.8. The van der Waals surface area contributed by atoms with Gasteiger partial charge in [-0.3, -0.25) is 0 Å². The molecule has 0 saturated heterocycles. The average molecular weight is 664 g/mol. The van der Waals surface area contributed by atoms with Crippen molar-refractivity contribution in [3.8, 4) is 33.4 Å². The van der Waals surface area contributed by atoms with Crippen LogP contribution in [0.1, 0.15) is 0 Å². The predicted molar refractivity (Wildman–Crippen MR) is 220 cm³/mol. The fraction of sp³-hybridized carbons (Fsp3) is 0. The number of nitrogens with zero attached hydrogens (tertiary/aromatic N) is 1. The summed E-state index contributed by atoms with van der Waals surface area (Å²) in [5.41, 5.74) is 12.2. The Hall–Kier alpha value is -6.90. The third-order valence-corrected chi connectivity index (χ3v) is 10.3. The fourth-order valence-corrected chi connectivity index (χ4v) is 7.80. The molecule has 10 rings (SSSR count). The largest absolute Gasteiger partial charge is 0.455 e. The molecular formula is C50H33NO. The van der Waals surface area contributed by atoms with Crippen LogP contribution in [-0.2, 0) is 0 Å². The summed E-state index contributed by atoms with van der Waals surface area (Å²) in [5.74, 6) is 0. The van der Waals surface area contributed by atoms with Crippen LogP contribution in [0.3, 0.4) is 0 Å². The quantitative estimate of drug-likeness (QED) is 0.176. The average Bonchev–Trinajstić information content (AvgIpc) is 3.62. The van der Waals surface area contributed by atoms with E-state index in [0.29, 0.717) is 0 Å². The number of hydrogen-bond acceptors (Lipinski definition) is 2. The highest BCUT2D eigenvalue weighted by atomic mass is 16.3. The molecule has 0 atom stereocenters. The van der Waals surface area contributed by atoms with Crippen molar-refractivity contribution in [2.24, 2.45) is 0 Å². The van der Waals surface area contributed by atoms with Gasteiger partial charge in [-0.1, -0.05) is 164 Å². The SMILES string of the molecule is c1ccc(-c2ccc(-c3ccccc3N(c3cccc(-c4cccc5oc6c7ccccc7ccc6c45)c3)c3cccc4ccccc34)cc2)cc1.